The fourth-order valence-corrected chi connectivity index (χ4v) is 2.51. The number of rotatable bonds is 5. The predicted octanol–water partition coefficient (Wildman–Crippen LogP) is 2.92. The van der Waals surface area contributed by atoms with E-state index in [4.69, 9.17) is 0 Å². The Morgan fingerprint density at radius 3 is 2.57 bits per heavy atom. The van der Waals surface area contributed by atoms with Crippen molar-refractivity contribution in [3.8, 4) is 0 Å². The van der Waals surface area contributed by atoms with Crippen LogP contribution in [-0.2, 0) is 7.05 Å². The molecule has 0 aliphatic carbocycles. The van der Waals surface area contributed by atoms with Crippen LogP contribution in [0, 0.1) is 11.6 Å². The highest BCUT2D eigenvalue weighted by Gasteiger charge is 2.23. The zero-order chi connectivity index (χ0) is 20.6. The first-order chi connectivity index (χ1) is 13.1. The van der Waals surface area contributed by atoms with Gasteiger partial charge >= 0.3 is 0 Å². The van der Waals surface area contributed by atoms with Gasteiger partial charge in [-0.1, -0.05) is 0 Å². The van der Waals surface area contributed by atoms with Gasteiger partial charge in [0.15, 0.2) is 0 Å². The second-order valence-corrected chi connectivity index (χ2v) is 7.16. The highest BCUT2D eigenvalue weighted by molar-refractivity contribution is 5.80. The first kappa shape index (κ1) is 19.7. The number of halogens is 2. The normalized spacial score (nSPS) is 12.8. The Morgan fingerprint density at radius 1 is 1.21 bits per heavy atom. The summed E-state index contributed by atoms with van der Waals surface area (Å²) in [6.45, 7) is 5.11. The molecule has 0 aliphatic rings. The number of nitrogens with zero attached hydrogens (tertiary/aromatic N) is 3. The van der Waals surface area contributed by atoms with Crippen molar-refractivity contribution >= 4 is 28.4 Å². The van der Waals surface area contributed by atoms with E-state index in [9.17, 15) is 18.7 Å². The zero-order valence-corrected chi connectivity index (χ0v) is 15.9. The van der Waals surface area contributed by atoms with E-state index in [-0.39, 0.29) is 23.4 Å². The van der Waals surface area contributed by atoms with E-state index in [0.29, 0.717) is 11.0 Å². The van der Waals surface area contributed by atoms with Crippen molar-refractivity contribution in [1.29, 1.82) is 0 Å². The summed E-state index contributed by atoms with van der Waals surface area (Å²) in [4.78, 5) is 21.2. The van der Waals surface area contributed by atoms with Gasteiger partial charge in [-0.15, -0.1) is 0 Å². The first-order valence-electron chi connectivity index (χ1n) is 8.64. The van der Waals surface area contributed by atoms with Crippen molar-refractivity contribution in [1.82, 2.24) is 14.5 Å². The molecule has 0 aliphatic heterocycles. The molecule has 9 heteroatoms. The van der Waals surface area contributed by atoms with E-state index < -0.39 is 22.8 Å². The number of pyridine rings is 1. The summed E-state index contributed by atoms with van der Waals surface area (Å²) in [5.41, 5.74) is -0.963. The fraction of sp³-hybridized carbons (Fsp3) is 0.316. The Labute approximate surface area is 160 Å². The van der Waals surface area contributed by atoms with Gasteiger partial charge in [0.25, 0.3) is 5.56 Å². The van der Waals surface area contributed by atoms with Gasteiger partial charge in [-0.05, 0) is 39.0 Å². The molecule has 0 saturated heterocycles. The number of benzene rings is 1. The van der Waals surface area contributed by atoms with Crippen LogP contribution in [0.1, 0.15) is 20.8 Å². The Kier molecular flexibility index (Phi) is 5.03. The van der Waals surface area contributed by atoms with Crippen molar-refractivity contribution in [2.45, 2.75) is 32.4 Å². The van der Waals surface area contributed by atoms with Gasteiger partial charge in [-0.3, -0.25) is 9.36 Å². The molecular weight excluding hydrogens is 368 g/mol. The molecule has 148 valence electrons. The zero-order valence-electron chi connectivity index (χ0n) is 15.9. The smallest absolute Gasteiger partial charge is 0.275 e. The van der Waals surface area contributed by atoms with Crippen LogP contribution in [0.25, 0.3) is 11.0 Å². The molecule has 0 unspecified atom stereocenters. The van der Waals surface area contributed by atoms with Gasteiger partial charge in [0, 0.05) is 24.7 Å². The Balaban J connectivity index is 1.99. The summed E-state index contributed by atoms with van der Waals surface area (Å²) in [5, 5.41) is 16.3. The maximum atomic E-state index is 13.9. The SMILES string of the molecule is C[C@H](Nc1ncc2cc(Nc3ccc(F)cc3F)c(=O)n(C)c2n1)C(C)(C)O. The molecule has 3 rings (SSSR count). The summed E-state index contributed by atoms with van der Waals surface area (Å²) in [5.74, 6) is -1.25. The third kappa shape index (κ3) is 3.94. The van der Waals surface area contributed by atoms with Crippen LogP contribution in [0.4, 0.5) is 26.1 Å². The number of fused-ring (bicyclic) bond motifs is 1. The molecule has 2 heterocycles. The molecule has 0 bridgehead atoms. The minimum absolute atomic E-state index is 0.0175. The largest absolute Gasteiger partial charge is 0.388 e. The van der Waals surface area contributed by atoms with Crippen molar-refractivity contribution in [2.75, 3.05) is 10.6 Å². The number of aryl methyl sites for hydroxylation is 1. The molecule has 0 amide bonds. The molecule has 1 atom stereocenters. The molecule has 0 saturated carbocycles. The molecule has 2 aromatic heterocycles. The van der Waals surface area contributed by atoms with Gasteiger partial charge < -0.3 is 15.7 Å². The maximum Gasteiger partial charge on any atom is 0.275 e. The summed E-state index contributed by atoms with van der Waals surface area (Å²) < 4.78 is 28.3. The quantitative estimate of drug-likeness (QED) is 0.622. The minimum Gasteiger partial charge on any atom is -0.388 e. The topological polar surface area (TPSA) is 92.1 Å². The number of hydrogen-bond donors (Lipinski definition) is 3. The summed E-state index contributed by atoms with van der Waals surface area (Å²) in [6, 6.07) is 4.23. The van der Waals surface area contributed by atoms with E-state index in [0.717, 1.165) is 12.1 Å². The van der Waals surface area contributed by atoms with Crippen molar-refractivity contribution < 1.29 is 13.9 Å². The Morgan fingerprint density at radius 2 is 1.93 bits per heavy atom. The second kappa shape index (κ2) is 7.16. The molecular formula is C19H21F2N5O2. The van der Waals surface area contributed by atoms with E-state index >= 15 is 0 Å². The second-order valence-electron chi connectivity index (χ2n) is 7.16. The molecule has 3 aromatic rings. The lowest BCUT2D eigenvalue weighted by molar-refractivity contribution is 0.0646. The number of anilines is 3. The van der Waals surface area contributed by atoms with E-state index in [2.05, 4.69) is 20.6 Å². The van der Waals surface area contributed by atoms with Gasteiger partial charge in [0.2, 0.25) is 5.95 Å². The summed E-state index contributed by atoms with van der Waals surface area (Å²) in [6.07, 6.45) is 1.52. The molecule has 0 radical (unpaired) electrons. The molecule has 1 aromatic carbocycles. The lowest BCUT2D eigenvalue weighted by Gasteiger charge is -2.26. The van der Waals surface area contributed by atoms with Crippen LogP contribution in [0.2, 0.25) is 0 Å². The average molecular weight is 389 g/mol. The standard InChI is InChI=1S/C19H21F2N5O2/c1-10(19(2,3)28)23-18-22-9-11-7-15(17(27)26(4)16(11)25-18)24-14-6-5-12(20)8-13(14)21/h5-10,24,28H,1-4H3,(H,22,23,25)/t10-/m0/s1. The highest BCUT2D eigenvalue weighted by Crippen LogP contribution is 2.22. The fourth-order valence-electron chi connectivity index (χ4n) is 2.51. The Bertz CT molecular complexity index is 1090. The van der Waals surface area contributed by atoms with Crippen LogP contribution >= 0.6 is 0 Å². The average Bonchev–Trinajstić information content (AvgIpc) is 2.61. The lowest BCUT2D eigenvalue weighted by Crippen LogP contribution is -2.39. The molecule has 0 spiro atoms. The lowest BCUT2D eigenvalue weighted by atomic mass is 10.0. The number of hydrogen-bond acceptors (Lipinski definition) is 6. The first-order valence-corrected chi connectivity index (χ1v) is 8.64. The number of aliphatic hydroxyl groups is 1. The molecule has 3 N–H and O–H groups in total. The van der Waals surface area contributed by atoms with E-state index in [1.807, 2.05) is 0 Å². The van der Waals surface area contributed by atoms with Crippen molar-refractivity contribution in [3.63, 3.8) is 0 Å². The van der Waals surface area contributed by atoms with Gasteiger partial charge in [-0.2, -0.15) is 4.98 Å². The van der Waals surface area contributed by atoms with Crippen molar-refractivity contribution in [2.24, 2.45) is 7.05 Å². The van der Waals surface area contributed by atoms with Crippen LogP contribution in [0.3, 0.4) is 0 Å². The summed E-state index contributed by atoms with van der Waals surface area (Å²) >= 11 is 0. The monoisotopic (exact) mass is 389 g/mol. The third-order valence-electron chi connectivity index (χ3n) is 4.55. The van der Waals surface area contributed by atoms with E-state index in [1.54, 1.807) is 20.8 Å². The number of nitrogens with one attached hydrogen (secondary N) is 2. The predicted molar refractivity (Wildman–Crippen MR) is 104 cm³/mol. The van der Waals surface area contributed by atoms with Gasteiger partial charge in [-0.25, -0.2) is 13.8 Å². The van der Waals surface area contributed by atoms with Crippen LogP contribution in [-0.4, -0.2) is 31.3 Å². The summed E-state index contributed by atoms with van der Waals surface area (Å²) in [7, 11) is 1.53. The molecule has 28 heavy (non-hydrogen) atoms. The van der Waals surface area contributed by atoms with Gasteiger partial charge in [0.05, 0.1) is 17.3 Å². The van der Waals surface area contributed by atoms with Crippen LogP contribution in [0.5, 0.6) is 0 Å². The maximum absolute atomic E-state index is 13.9. The molecule has 0 fully saturated rings. The molecule has 7 nitrogen and oxygen atoms in total. The van der Waals surface area contributed by atoms with E-state index in [1.165, 1.54) is 29.9 Å². The third-order valence-corrected chi connectivity index (χ3v) is 4.55. The highest BCUT2D eigenvalue weighted by atomic mass is 19.1. The van der Waals surface area contributed by atoms with Gasteiger partial charge in [0.1, 0.15) is 23.0 Å². The minimum atomic E-state index is -0.989. The van der Waals surface area contributed by atoms with Crippen LogP contribution in [0.15, 0.2) is 35.3 Å². The Hall–Kier alpha value is -3.07. The number of aromatic nitrogens is 3. The van der Waals surface area contributed by atoms with Crippen LogP contribution < -0.4 is 16.2 Å². The van der Waals surface area contributed by atoms with Crippen molar-refractivity contribution in [3.05, 3.63) is 52.5 Å².